The van der Waals surface area contributed by atoms with Crippen molar-refractivity contribution in [3.8, 4) is 0 Å². The Balaban J connectivity index is 1.32. The maximum atomic E-state index is 14.0. The fourth-order valence-corrected chi connectivity index (χ4v) is 7.42. The fraction of sp³-hybridized carbons (Fsp3) is 0.467. The number of benzene rings is 2. The first-order valence-corrected chi connectivity index (χ1v) is 13.3. The molecule has 7 rings (SSSR count). The van der Waals surface area contributed by atoms with Crippen LogP contribution in [0.4, 0.5) is 4.79 Å². The van der Waals surface area contributed by atoms with Crippen molar-refractivity contribution in [3.05, 3.63) is 71.9 Å². The number of fused-ring (bicyclic) bond motifs is 1. The van der Waals surface area contributed by atoms with Crippen LogP contribution in [0.3, 0.4) is 0 Å². The SMILES string of the molecule is CC(Cc1c[nH]c2ccccc12)(C(N)=O)N(Cc1ccccc1)C(=O)OC1C2CC3CC(C2)CC1C3. The Hall–Kier alpha value is -3.28. The predicted octanol–water partition coefficient (Wildman–Crippen LogP) is 5.42. The zero-order valence-corrected chi connectivity index (χ0v) is 20.9. The number of nitrogens with zero attached hydrogens (tertiary/aromatic N) is 1. The normalized spacial score (nSPS) is 28.1. The molecule has 6 heteroatoms. The average Bonchev–Trinajstić information content (AvgIpc) is 3.27. The first-order valence-electron chi connectivity index (χ1n) is 13.3. The molecule has 0 radical (unpaired) electrons. The summed E-state index contributed by atoms with van der Waals surface area (Å²) in [5.74, 6) is 1.93. The van der Waals surface area contributed by atoms with Gasteiger partial charge in [0.15, 0.2) is 0 Å². The van der Waals surface area contributed by atoms with Crippen LogP contribution in [0.25, 0.3) is 10.9 Å². The third-order valence-electron chi connectivity index (χ3n) is 9.12. The van der Waals surface area contributed by atoms with Crippen LogP contribution in [0.15, 0.2) is 60.8 Å². The third kappa shape index (κ3) is 4.06. The third-order valence-corrected chi connectivity index (χ3v) is 9.12. The van der Waals surface area contributed by atoms with E-state index in [0.29, 0.717) is 18.3 Å². The number of aromatic nitrogens is 1. The summed E-state index contributed by atoms with van der Waals surface area (Å²) in [6.07, 6.45) is 7.70. The van der Waals surface area contributed by atoms with Gasteiger partial charge >= 0.3 is 6.09 Å². The lowest BCUT2D eigenvalue weighted by atomic mass is 9.55. The zero-order valence-electron chi connectivity index (χ0n) is 20.9. The smallest absolute Gasteiger partial charge is 0.411 e. The van der Waals surface area contributed by atoms with E-state index in [-0.39, 0.29) is 12.6 Å². The molecule has 4 fully saturated rings. The van der Waals surface area contributed by atoms with Gasteiger partial charge in [0.25, 0.3) is 0 Å². The highest BCUT2D eigenvalue weighted by atomic mass is 16.6. The molecule has 2 amide bonds. The number of primary amides is 1. The molecule has 36 heavy (non-hydrogen) atoms. The standard InChI is InChI=1S/C30H35N3O3/c1-30(28(31)34,16-24-17-32-26-10-6-5-9-25(24)26)33(18-19-7-3-2-4-8-19)29(35)36-27-22-12-20-11-21(14-22)15-23(27)13-20/h2-10,17,20-23,27,32H,11-16,18H2,1H3,(H2,31,34). The van der Waals surface area contributed by atoms with Gasteiger partial charge in [0.2, 0.25) is 5.91 Å². The summed E-state index contributed by atoms with van der Waals surface area (Å²) in [7, 11) is 0. The Morgan fingerprint density at radius 1 is 0.972 bits per heavy atom. The minimum atomic E-state index is -1.26. The van der Waals surface area contributed by atoms with Crippen molar-refractivity contribution in [1.29, 1.82) is 0 Å². The largest absolute Gasteiger partial charge is 0.445 e. The van der Waals surface area contributed by atoms with E-state index >= 15 is 0 Å². The lowest BCUT2D eigenvalue weighted by Gasteiger charge is -2.54. The van der Waals surface area contributed by atoms with Gasteiger partial charge < -0.3 is 15.5 Å². The number of hydrogen-bond acceptors (Lipinski definition) is 3. The molecule has 1 aromatic heterocycles. The Labute approximate surface area is 212 Å². The van der Waals surface area contributed by atoms with Crippen LogP contribution in [0.2, 0.25) is 0 Å². The molecule has 0 spiro atoms. The molecule has 1 atom stereocenters. The van der Waals surface area contributed by atoms with Crippen molar-refractivity contribution in [1.82, 2.24) is 9.88 Å². The van der Waals surface area contributed by atoms with Crippen LogP contribution in [0, 0.1) is 23.7 Å². The van der Waals surface area contributed by atoms with Gasteiger partial charge in [0.05, 0.1) is 6.54 Å². The van der Waals surface area contributed by atoms with Gasteiger partial charge in [0, 0.05) is 23.5 Å². The molecule has 188 valence electrons. The molecule has 4 aliphatic carbocycles. The Kier molecular flexibility index (Phi) is 5.78. The van der Waals surface area contributed by atoms with E-state index in [0.717, 1.165) is 59.5 Å². The molecule has 2 aromatic carbocycles. The van der Waals surface area contributed by atoms with Gasteiger partial charge in [-0.3, -0.25) is 9.69 Å². The van der Waals surface area contributed by atoms with Crippen molar-refractivity contribution in [3.63, 3.8) is 0 Å². The summed E-state index contributed by atoms with van der Waals surface area (Å²) >= 11 is 0. The van der Waals surface area contributed by atoms with E-state index in [9.17, 15) is 9.59 Å². The maximum Gasteiger partial charge on any atom is 0.411 e. The van der Waals surface area contributed by atoms with Crippen molar-refractivity contribution in [2.24, 2.45) is 29.4 Å². The predicted molar refractivity (Wildman–Crippen MR) is 139 cm³/mol. The number of para-hydroxylation sites is 1. The van der Waals surface area contributed by atoms with E-state index < -0.39 is 17.5 Å². The molecule has 3 N–H and O–H groups in total. The number of amides is 2. The minimum Gasteiger partial charge on any atom is -0.445 e. The Morgan fingerprint density at radius 3 is 2.28 bits per heavy atom. The number of hydrogen-bond donors (Lipinski definition) is 2. The Morgan fingerprint density at radius 2 is 1.61 bits per heavy atom. The van der Waals surface area contributed by atoms with Gasteiger partial charge in [-0.25, -0.2) is 4.79 Å². The zero-order chi connectivity index (χ0) is 24.9. The molecule has 4 saturated carbocycles. The van der Waals surface area contributed by atoms with Gasteiger partial charge in [-0.2, -0.15) is 0 Å². The average molecular weight is 486 g/mol. The monoisotopic (exact) mass is 485 g/mol. The van der Waals surface area contributed by atoms with Crippen molar-refractivity contribution >= 4 is 22.9 Å². The first-order chi connectivity index (χ1) is 17.4. The van der Waals surface area contributed by atoms with Crippen LogP contribution >= 0.6 is 0 Å². The lowest BCUT2D eigenvalue weighted by Crippen LogP contribution is -2.60. The number of carbonyl (C=O) groups is 2. The van der Waals surface area contributed by atoms with Crippen molar-refractivity contribution < 1.29 is 14.3 Å². The van der Waals surface area contributed by atoms with Gasteiger partial charge in [-0.15, -0.1) is 0 Å². The van der Waals surface area contributed by atoms with E-state index in [4.69, 9.17) is 10.5 Å². The quantitative estimate of drug-likeness (QED) is 0.468. The molecule has 3 aromatic rings. The number of nitrogens with two attached hydrogens (primary N) is 1. The highest BCUT2D eigenvalue weighted by Gasteiger charge is 2.51. The van der Waals surface area contributed by atoms with Gasteiger partial charge in [0.1, 0.15) is 11.6 Å². The summed E-state index contributed by atoms with van der Waals surface area (Å²) < 4.78 is 6.34. The summed E-state index contributed by atoms with van der Waals surface area (Å²) in [6.45, 7) is 2.03. The van der Waals surface area contributed by atoms with E-state index in [1.165, 1.54) is 6.42 Å². The molecule has 6 nitrogen and oxygen atoms in total. The molecule has 1 unspecified atom stereocenters. The maximum absolute atomic E-state index is 14.0. The van der Waals surface area contributed by atoms with Crippen LogP contribution in [0.1, 0.15) is 50.2 Å². The number of carbonyl (C=O) groups excluding carboxylic acids is 2. The van der Waals surface area contributed by atoms with Gasteiger partial charge in [-0.1, -0.05) is 48.5 Å². The Bertz CT molecular complexity index is 1240. The molecule has 0 aliphatic heterocycles. The number of H-pyrrole nitrogens is 1. The second-order valence-corrected chi connectivity index (χ2v) is 11.5. The topological polar surface area (TPSA) is 88.4 Å². The second kappa shape index (κ2) is 8.99. The molecular formula is C30H35N3O3. The second-order valence-electron chi connectivity index (χ2n) is 11.5. The van der Waals surface area contributed by atoms with Crippen LogP contribution < -0.4 is 5.73 Å². The fourth-order valence-electron chi connectivity index (χ4n) is 7.42. The number of nitrogens with one attached hydrogen (secondary N) is 1. The summed E-state index contributed by atoms with van der Waals surface area (Å²) in [4.78, 5) is 32.0. The van der Waals surface area contributed by atoms with E-state index in [1.54, 1.807) is 11.8 Å². The number of rotatable bonds is 7. The highest BCUT2D eigenvalue weighted by molar-refractivity contribution is 5.90. The van der Waals surface area contributed by atoms with Crippen molar-refractivity contribution in [2.45, 2.75) is 63.6 Å². The molecule has 4 bridgehead atoms. The molecular weight excluding hydrogens is 450 g/mol. The number of ether oxygens (including phenoxy) is 1. The molecule has 4 aliphatic rings. The van der Waals surface area contributed by atoms with Crippen LogP contribution in [-0.2, 0) is 22.5 Å². The summed E-state index contributed by atoms with van der Waals surface area (Å²) in [6, 6.07) is 17.7. The molecule has 1 heterocycles. The summed E-state index contributed by atoms with van der Waals surface area (Å²) in [5, 5.41) is 1.03. The van der Waals surface area contributed by atoms with E-state index in [1.807, 2.05) is 60.8 Å². The lowest BCUT2D eigenvalue weighted by molar-refractivity contribution is -0.132. The molecule has 0 saturated heterocycles. The summed E-state index contributed by atoms with van der Waals surface area (Å²) in [5.41, 5.74) is 7.69. The van der Waals surface area contributed by atoms with Crippen molar-refractivity contribution in [2.75, 3.05) is 0 Å². The van der Waals surface area contributed by atoms with Crippen LogP contribution in [-0.4, -0.2) is 33.5 Å². The first kappa shape index (κ1) is 23.1. The highest BCUT2D eigenvalue weighted by Crippen LogP contribution is 2.54. The van der Waals surface area contributed by atoms with Gasteiger partial charge in [-0.05, 0) is 79.9 Å². The van der Waals surface area contributed by atoms with E-state index in [2.05, 4.69) is 4.98 Å². The number of aromatic amines is 1. The van der Waals surface area contributed by atoms with Crippen LogP contribution in [0.5, 0.6) is 0 Å². The minimum absolute atomic E-state index is 0.0613.